The lowest BCUT2D eigenvalue weighted by Gasteiger charge is -2.35. The van der Waals surface area contributed by atoms with Gasteiger partial charge in [0.1, 0.15) is 4.99 Å². The van der Waals surface area contributed by atoms with Crippen LogP contribution in [0.5, 0.6) is 0 Å². The molecule has 116 valence electrons. The number of nitrogens with zero attached hydrogens (tertiary/aromatic N) is 2. The van der Waals surface area contributed by atoms with Gasteiger partial charge in [0.15, 0.2) is 0 Å². The van der Waals surface area contributed by atoms with Crippen LogP contribution in [-0.2, 0) is 10.0 Å². The summed E-state index contributed by atoms with van der Waals surface area (Å²) in [6.45, 7) is 1.77. The topological polar surface area (TPSA) is 66.6 Å². The minimum absolute atomic E-state index is 0.00207. The average Bonchev–Trinajstić information content (AvgIpc) is 2.46. The van der Waals surface area contributed by atoms with Crippen molar-refractivity contribution in [2.75, 3.05) is 27.2 Å². The summed E-state index contributed by atoms with van der Waals surface area (Å²) in [4.78, 5) is 2.60. The number of rotatable bonds is 4. The summed E-state index contributed by atoms with van der Waals surface area (Å²) in [5, 5.41) is 0. The normalized spacial score (nSPS) is 20.6. The van der Waals surface area contributed by atoms with Gasteiger partial charge in [0.05, 0.1) is 4.90 Å². The molecule has 1 aliphatic rings. The van der Waals surface area contributed by atoms with Gasteiger partial charge in [0.25, 0.3) is 0 Å². The van der Waals surface area contributed by atoms with E-state index in [2.05, 4.69) is 4.90 Å². The van der Waals surface area contributed by atoms with Gasteiger partial charge in [-0.25, -0.2) is 8.42 Å². The molecule has 7 heteroatoms. The Morgan fingerprint density at radius 3 is 2.81 bits per heavy atom. The van der Waals surface area contributed by atoms with Gasteiger partial charge < -0.3 is 10.6 Å². The summed E-state index contributed by atoms with van der Waals surface area (Å²) in [5.74, 6) is 0. The van der Waals surface area contributed by atoms with Gasteiger partial charge in [-0.15, -0.1) is 0 Å². The van der Waals surface area contributed by atoms with Gasteiger partial charge in [-0.05, 0) is 38.6 Å². The fourth-order valence-corrected chi connectivity index (χ4v) is 4.16. The quantitative estimate of drug-likeness (QED) is 0.837. The molecule has 0 spiro atoms. The van der Waals surface area contributed by atoms with Crippen molar-refractivity contribution in [3.63, 3.8) is 0 Å². The van der Waals surface area contributed by atoms with Crippen LogP contribution in [-0.4, -0.2) is 55.8 Å². The van der Waals surface area contributed by atoms with Gasteiger partial charge in [0, 0.05) is 25.2 Å². The smallest absolute Gasteiger partial charge is 0.243 e. The second-order valence-corrected chi connectivity index (χ2v) is 7.91. The summed E-state index contributed by atoms with van der Waals surface area (Å²) in [6, 6.07) is 6.51. The first kappa shape index (κ1) is 16.4. The number of sulfonamides is 1. The van der Waals surface area contributed by atoms with Gasteiger partial charge >= 0.3 is 0 Å². The molecule has 2 N–H and O–H groups in total. The second-order valence-electron chi connectivity index (χ2n) is 5.47. The molecule has 0 saturated carbocycles. The Kier molecular flexibility index (Phi) is 4.98. The summed E-state index contributed by atoms with van der Waals surface area (Å²) >= 11 is 4.91. The molecule has 5 nitrogen and oxygen atoms in total. The standard InChI is InChI=1S/C14H21N3O2S2/c1-16-8-4-6-12(10-16)17(2)21(18,19)13-7-3-5-11(9-13)14(15)20/h3,5,7,9,12H,4,6,8,10H2,1-2H3,(H2,15,20). The van der Waals surface area contributed by atoms with E-state index >= 15 is 0 Å². The zero-order valence-corrected chi connectivity index (χ0v) is 14.0. The van der Waals surface area contributed by atoms with E-state index in [0.717, 1.165) is 25.9 Å². The molecule has 0 amide bonds. The van der Waals surface area contributed by atoms with Crippen LogP contribution in [0.1, 0.15) is 18.4 Å². The number of thiocarbonyl (C=S) groups is 1. The van der Waals surface area contributed by atoms with Crippen molar-refractivity contribution in [2.45, 2.75) is 23.8 Å². The molecule has 21 heavy (non-hydrogen) atoms. The predicted octanol–water partition coefficient (Wildman–Crippen LogP) is 1.04. The molecule has 1 unspecified atom stereocenters. The first-order valence-electron chi connectivity index (χ1n) is 6.89. The van der Waals surface area contributed by atoms with E-state index in [4.69, 9.17) is 18.0 Å². The summed E-state index contributed by atoms with van der Waals surface area (Å²) in [7, 11) is 0.133. The Morgan fingerprint density at radius 2 is 2.19 bits per heavy atom. The number of likely N-dealkylation sites (tertiary alicyclic amines) is 1. The SMILES string of the molecule is CN1CCCC(N(C)S(=O)(=O)c2cccc(C(N)=S)c2)C1. The maximum atomic E-state index is 12.7. The van der Waals surface area contributed by atoms with Crippen molar-refractivity contribution in [3.05, 3.63) is 29.8 Å². The van der Waals surface area contributed by atoms with Crippen LogP contribution < -0.4 is 5.73 Å². The Labute approximate surface area is 131 Å². The van der Waals surface area contributed by atoms with E-state index in [9.17, 15) is 8.42 Å². The highest BCUT2D eigenvalue weighted by Gasteiger charge is 2.30. The van der Waals surface area contributed by atoms with Crippen molar-refractivity contribution in [1.82, 2.24) is 9.21 Å². The molecular weight excluding hydrogens is 306 g/mol. The first-order chi connectivity index (χ1) is 9.82. The molecule has 0 aromatic heterocycles. The first-order valence-corrected chi connectivity index (χ1v) is 8.73. The van der Waals surface area contributed by atoms with Gasteiger partial charge in [-0.3, -0.25) is 0 Å². The van der Waals surface area contributed by atoms with Crippen LogP contribution in [0, 0.1) is 0 Å². The highest BCUT2D eigenvalue weighted by Crippen LogP contribution is 2.22. The summed E-state index contributed by atoms with van der Waals surface area (Å²) in [6.07, 6.45) is 1.89. The molecule has 1 heterocycles. The molecule has 1 atom stereocenters. The van der Waals surface area contributed by atoms with Crippen molar-refractivity contribution in [2.24, 2.45) is 5.73 Å². The largest absolute Gasteiger partial charge is 0.389 e. The van der Waals surface area contributed by atoms with Crippen LogP contribution in [0.3, 0.4) is 0 Å². The third kappa shape index (κ3) is 3.60. The minimum atomic E-state index is -3.53. The number of likely N-dealkylation sites (N-methyl/N-ethyl adjacent to an activating group) is 2. The third-order valence-corrected chi connectivity index (χ3v) is 6.05. The van der Waals surface area contributed by atoms with Gasteiger partial charge in [0.2, 0.25) is 10.0 Å². The Balaban J connectivity index is 2.28. The molecule has 1 aromatic carbocycles. The molecular formula is C14H21N3O2S2. The predicted molar refractivity (Wildman–Crippen MR) is 87.8 cm³/mol. The molecule has 0 radical (unpaired) electrons. The molecule has 1 aromatic rings. The van der Waals surface area contributed by atoms with Crippen molar-refractivity contribution < 1.29 is 8.42 Å². The molecule has 1 fully saturated rings. The highest BCUT2D eigenvalue weighted by molar-refractivity contribution is 7.89. The fraction of sp³-hybridized carbons (Fsp3) is 0.500. The zero-order chi connectivity index (χ0) is 15.6. The van der Waals surface area contributed by atoms with Crippen molar-refractivity contribution in [1.29, 1.82) is 0 Å². The maximum Gasteiger partial charge on any atom is 0.243 e. The molecule has 0 aliphatic carbocycles. The monoisotopic (exact) mass is 327 g/mol. The van der Waals surface area contributed by atoms with Gasteiger partial charge in [-0.2, -0.15) is 4.31 Å². The zero-order valence-electron chi connectivity index (χ0n) is 12.3. The van der Waals surface area contributed by atoms with E-state index < -0.39 is 10.0 Å². The summed E-state index contributed by atoms with van der Waals surface area (Å²) < 4.78 is 26.9. The molecule has 1 aliphatic heterocycles. The van der Waals surface area contributed by atoms with Crippen LogP contribution in [0.2, 0.25) is 0 Å². The Morgan fingerprint density at radius 1 is 1.48 bits per heavy atom. The third-order valence-electron chi connectivity index (χ3n) is 3.91. The van der Waals surface area contributed by atoms with E-state index in [0.29, 0.717) is 5.56 Å². The lowest BCUT2D eigenvalue weighted by Crippen LogP contribution is -2.47. The van der Waals surface area contributed by atoms with Gasteiger partial charge in [-0.1, -0.05) is 24.4 Å². The number of benzene rings is 1. The Hall–Kier alpha value is -1.02. The van der Waals surface area contributed by atoms with Crippen molar-refractivity contribution in [3.8, 4) is 0 Å². The lowest BCUT2D eigenvalue weighted by atomic mass is 10.1. The summed E-state index contributed by atoms with van der Waals surface area (Å²) in [5.41, 5.74) is 6.15. The fourth-order valence-electron chi connectivity index (χ4n) is 2.61. The highest BCUT2D eigenvalue weighted by atomic mass is 32.2. The van der Waals surface area contributed by atoms with Crippen LogP contribution in [0.15, 0.2) is 29.2 Å². The van der Waals surface area contributed by atoms with Crippen LogP contribution >= 0.6 is 12.2 Å². The van der Waals surface area contributed by atoms with E-state index in [-0.39, 0.29) is 15.9 Å². The number of piperidine rings is 1. The van der Waals surface area contributed by atoms with Crippen LogP contribution in [0.4, 0.5) is 0 Å². The average molecular weight is 327 g/mol. The second kappa shape index (κ2) is 6.39. The molecule has 1 saturated heterocycles. The van der Waals surface area contributed by atoms with Crippen LogP contribution in [0.25, 0.3) is 0 Å². The minimum Gasteiger partial charge on any atom is -0.389 e. The van der Waals surface area contributed by atoms with E-state index in [1.807, 2.05) is 7.05 Å². The lowest BCUT2D eigenvalue weighted by molar-refractivity contribution is 0.187. The number of nitrogens with two attached hydrogens (primary N) is 1. The number of hydrogen-bond acceptors (Lipinski definition) is 4. The molecule has 0 bridgehead atoms. The molecule has 2 rings (SSSR count). The van der Waals surface area contributed by atoms with Crippen molar-refractivity contribution >= 4 is 27.2 Å². The Bertz CT molecular complexity index is 631. The van der Waals surface area contributed by atoms with E-state index in [1.54, 1.807) is 31.3 Å². The maximum absolute atomic E-state index is 12.7. The number of hydrogen-bond donors (Lipinski definition) is 1. The van der Waals surface area contributed by atoms with E-state index in [1.165, 1.54) is 4.31 Å².